The zero-order valence-corrected chi connectivity index (χ0v) is 14.7. The number of hydrogen-bond donors (Lipinski definition) is 1. The lowest BCUT2D eigenvalue weighted by atomic mass is 10.1. The van der Waals surface area contributed by atoms with Gasteiger partial charge in [-0.15, -0.1) is 0 Å². The lowest BCUT2D eigenvalue weighted by Gasteiger charge is -2.31. The third kappa shape index (κ3) is 4.44. The van der Waals surface area contributed by atoms with Crippen LogP contribution in [-0.4, -0.2) is 45.1 Å². The molecule has 0 saturated carbocycles. The first-order valence-electron chi connectivity index (χ1n) is 7.12. The summed E-state index contributed by atoms with van der Waals surface area (Å²) < 4.78 is 33.1. The van der Waals surface area contributed by atoms with Gasteiger partial charge >= 0.3 is 6.09 Å². The summed E-state index contributed by atoms with van der Waals surface area (Å²) in [6, 6.07) is 6.33. The van der Waals surface area contributed by atoms with Crippen LogP contribution < -0.4 is 4.72 Å². The first-order chi connectivity index (χ1) is 10.4. The summed E-state index contributed by atoms with van der Waals surface area (Å²) in [7, 11) is -3.53. The molecule has 0 unspecified atom stereocenters. The molecular formula is C14H19BrN2O4S. The maximum absolute atomic E-state index is 12.3. The van der Waals surface area contributed by atoms with Crippen molar-refractivity contribution in [3.63, 3.8) is 0 Å². The van der Waals surface area contributed by atoms with Crippen LogP contribution in [0.15, 0.2) is 33.6 Å². The van der Waals surface area contributed by atoms with Gasteiger partial charge in [-0.05, 0) is 44.0 Å². The molecule has 0 spiro atoms. The predicted octanol–water partition coefficient (Wildman–Crippen LogP) is 2.35. The fraction of sp³-hybridized carbons (Fsp3) is 0.500. The van der Waals surface area contributed by atoms with Crippen molar-refractivity contribution in [3.8, 4) is 0 Å². The molecule has 1 amide bonds. The normalized spacial score (nSPS) is 16.5. The van der Waals surface area contributed by atoms with E-state index in [9.17, 15) is 13.2 Å². The van der Waals surface area contributed by atoms with Crippen LogP contribution in [0.1, 0.15) is 19.8 Å². The zero-order valence-electron chi connectivity index (χ0n) is 12.3. The van der Waals surface area contributed by atoms with Gasteiger partial charge in [0.15, 0.2) is 0 Å². The van der Waals surface area contributed by atoms with Crippen LogP contribution in [0, 0.1) is 0 Å². The van der Waals surface area contributed by atoms with E-state index >= 15 is 0 Å². The van der Waals surface area contributed by atoms with Gasteiger partial charge in [0, 0.05) is 23.6 Å². The van der Waals surface area contributed by atoms with Crippen molar-refractivity contribution in [1.29, 1.82) is 0 Å². The molecule has 1 aromatic carbocycles. The molecule has 1 aliphatic heterocycles. The minimum absolute atomic E-state index is 0.167. The van der Waals surface area contributed by atoms with Crippen LogP contribution >= 0.6 is 15.9 Å². The second-order valence-corrected chi connectivity index (χ2v) is 7.67. The summed E-state index contributed by atoms with van der Waals surface area (Å²) in [5, 5.41) is 0. The SMILES string of the molecule is CCOC(=O)N1CCC(NS(=O)(=O)c2ccc(Br)cc2)CC1. The summed E-state index contributed by atoms with van der Waals surface area (Å²) in [4.78, 5) is 13.4. The first kappa shape index (κ1) is 17.2. The summed E-state index contributed by atoms with van der Waals surface area (Å²) in [5.41, 5.74) is 0. The van der Waals surface area contributed by atoms with E-state index in [-0.39, 0.29) is 17.0 Å². The molecule has 8 heteroatoms. The quantitative estimate of drug-likeness (QED) is 0.855. The number of rotatable bonds is 4. The van der Waals surface area contributed by atoms with E-state index in [4.69, 9.17) is 4.74 Å². The zero-order chi connectivity index (χ0) is 16.2. The fourth-order valence-corrected chi connectivity index (χ4v) is 3.87. The van der Waals surface area contributed by atoms with Gasteiger partial charge in [-0.3, -0.25) is 0 Å². The maximum Gasteiger partial charge on any atom is 0.409 e. The molecule has 1 aliphatic rings. The smallest absolute Gasteiger partial charge is 0.409 e. The summed E-state index contributed by atoms with van der Waals surface area (Å²) >= 11 is 3.28. The van der Waals surface area contributed by atoms with Crippen molar-refractivity contribution in [2.24, 2.45) is 0 Å². The predicted molar refractivity (Wildman–Crippen MR) is 86.1 cm³/mol. The van der Waals surface area contributed by atoms with Gasteiger partial charge in [0.25, 0.3) is 0 Å². The minimum atomic E-state index is -3.53. The van der Waals surface area contributed by atoms with Gasteiger partial charge < -0.3 is 9.64 Å². The minimum Gasteiger partial charge on any atom is -0.450 e. The first-order valence-corrected chi connectivity index (χ1v) is 9.39. The Bertz CT molecular complexity index is 610. The Labute approximate surface area is 139 Å². The molecule has 1 saturated heterocycles. The van der Waals surface area contributed by atoms with Crippen LogP contribution in [0.4, 0.5) is 4.79 Å². The average Bonchev–Trinajstić information content (AvgIpc) is 2.48. The molecule has 6 nitrogen and oxygen atoms in total. The maximum atomic E-state index is 12.3. The highest BCUT2D eigenvalue weighted by atomic mass is 79.9. The fourth-order valence-electron chi connectivity index (χ4n) is 2.30. The van der Waals surface area contributed by atoms with Gasteiger partial charge in [0.1, 0.15) is 0 Å². The van der Waals surface area contributed by atoms with E-state index in [0.717, 1.165) is 4.47 Å². The Hall–Kier alpha value is -1.12. The van der Waals surface area contributed by atoms with Gasteiger partial charge in [-0.2, -0.15) is 0 Å². The Morgan fingerprint density at radius 3 is 2.45 bits per heavy atom. The van der Waals surface area contributed by atoms with E-state index in [2.05, 4.69) is 20.7 Å². The number of hydrogen-bond acceptors (Lipinski definition) is 4. The number of carbonyl (C=O) groups excluding carboxylic acids is 1. The molecule has 122 valence electrons. The van der Waals surface area contributed by atoms with Crippen molar-refractivity contribution in [1.82, 2.24) is 9.62 Å². The molecule has 1 fully saturated rings. The van der Waals surface area contributed by atoms with Gasteiger partial charge in [0.2, 0.25) is 10.0 Å². The van der Waals surface area contributed by atoms with Gasteiger partial charge in [-0.25, -0.2) is 17.9 Å². The number of likely N-dealkylation sites (tertiary alicyclic amines) is 1. The molecule has 0 aromatic heterocycles. The Kier molecular flexibility index (Phi) is 5.82. The number of carbonyl (C=O) groups is 1. The van der Waals surface area contributed by atoms with E-state index in [0.29, 0.717) is 32.5 Å². The van der Waals surface area contributed by atoms with E-state index < -0.39 is 10.0 Å². The number of amides is 1. The largest absolute Gasteiger partial charge is 0.450 e. The third-order valence-corrected chi connectivity index (χ3v) is 5.53. The average molecular weight is 391 g/mol. The highest BCUT2D eigenvalue weighted by Crippen LogP contribution is 2.17. The lowest BCUT2D eigenvalue weighted by Crippen LogP contribution is -2.46. The van der Waals surface area contributed by atoms with Crippen LogP contribution in [0.5, 0.6) is 0 Å². The Morgan fingerprint density at radius 1 is 1.32 bits per heavy atom. The molecule has 22 heavy (non-hydrogen) atoms. The highest BCUT2D eigenvalue weighted by Gasteiger charge is 2.27. The topological polar surface area (TPSA) is 75.7 Å². The molecule has 2 rings (SSSR count). The van der Waals surface area contributed by atoms with Crippen molar-refractivity contribution in [2.75, 3.05) is 19.7 Å². The number of piperidine rings is 1. The van der Waals surface area contributed by atoms with Crippen LogP contribution in [0.25, 0.3) is 0 Å². The molecule has 1 N–H and O–H groups in total. The monoisotopic (exact) mass is 390 g/mol. The van der Waals surface area contributed by atoms with Crippen LogP contribution in [0.2, 0.25) is 0 Å². The molecule has 1 aromatic rings. The molecule has 1 heterocycles. The van der Waals surface area contributed by atoms with E-state index in [1.807, 2.05) is 0 Å². The number of sulfonamides is 1. The van der Waals surface area contributed by atoms with Crippen molar-refractivity contribution in [2.45, 2.75) is 30.7 Å². The highest BCUT2D eigenvalue weighted by molar-refractivity contribution is 9.10. The van der Waals surface area contributed by atoms with Crippen LogP contribution in [-0.2, 0) is 14.8 Å². The molecule has 0 aliphatic carbocycles. The van der Waals surface area contributed by atoms with Gasteiger partial charge in [-0.1, -0.05) is 15.9 Å². The number of halogens is 1. The van der Waals surface area contributed by atoms with E-state index in [1.54, 1.807) is 36.1 Å². The Balaban J connectivity index is 1.92. The number of benzene rings is 1. The van der Waals surface area contributed by atoms with Crippen molar-refractivity contribution in [3.05, 3.63) is 28.7 Å². The molecule has 0 bridgehead atoms. The van der Waals surface area contributed by atoms with E-state index in [1.165, 1.54) is 0 Å². The third-order valence-electron chi connectivity index (χ3n) is 3.47. The van der Waals surface area contributed by atoms with Crippen LogP contribution in [0.3, 0.4) is 0 Å². The van der Waals surface area contributed by atoms with Gasteiger partial charge in [0.05, 0.1) is 11.5 Å². The summed E-state index contributed by atoms with van der Waals surface area (Å²) in [6.07, 6.45) is 0.820. The second-order valence-electron chi connectivity index (χ2n) is 5.04. The van der Waals surface area contributed by atoms with Crippen molar-refractivity contribution >= 4 is 32.0 Å². The molecule has 0 atom stereocenters. The standard InChI is InChI=1S/C14H19BrN2O4S/c1-2-21-14(18)17-9-7-12(8-10-17)16-22(19,20)13-5-3-11(15)4-6-13/h3-6,12,16H,2,7-10H2,1H3. The van der Waals surface area contributed by atoms with Crippen molar-refractivity contribution < 1.29 is 17.9 Å². The molecular weight excluding hydrogens is 372 g/mol. The molecule has 0 radical (unpaired) electrons. The summed E-state index contributed by atoms with van der Waals surface area (Å²) in [5.74, 6) is 0. The number of nitrogens with zero attached hydrogens (tertiary/aromatic N) is 1. The number of ether oxygens (including phenoxy) is 1. The lowest BCUT2D eigenvalue weighted by molar-refractivity contribution is 0.0966. The second kappa shape index (κ2) is 7.43. The summed E-state index contributed by atoms with van der Waals surface area (Å²) in [6.45, 7) is 3.09. The Morgan fingerprint density at radius 2 is 1.91 bits per heavy atom. The number of nitrogens with one attached hydrogen (secondary N) is 1.